The number of H-pyrrole nitrogens is 1. The lowest BCUT2D eigenvalue weighted by atomic mass is 10.2. The van der Waals surface area contributed by atoms with Crippen LogP contribution in [0.2, 0.25) is 5.15 Å². The third-order valence-electron chi connectivity index (χ3n) is 4.05. The fraction of sp³-hybridized carbons (Fsp3) is 0.222. The monoisotopic (exact) mass is 369 g/mol. The molecule has 0 saturated carbocycles. The second-order valence-electron chi connectivity index (χ2n) is 6.08. The van der Waals surface area contributed by atoms with Crippen LogP contribution in [0.3, 0.4) is 0 Å². The number of fused-ring (bicyclic) bond motifs is 2. The topological polar surface area (TPSA) is 66.3 Å². The Balaban J connectivity index is 1.66. The van der Waals surface area contributed by atoms with Gasteiger partial charge in [0.1, 0.15) is 16.3 Å². The van der Waals surface area contributed by atoms with Gasteiger partial charge < -0.3 is 4.98 Å². The highest BCUT2D eigenvalue weighted by atomic mass is 35.5. The van der Waals surface area contributed by atoms with Crippen LogP contribution >= 0.6 is 22.9 Å². The molecular formula is C18H16ClN5S. The first kappa shape index (κ1) is 16.2. The Hall–Kier alpha value is -2.31. The molecule has 1 N–H and O–H groups in total. The standard InChI is InChI=1S/C18H16ClN5S/c1-10(2)15-7-12-17(20-9-21-18(12)25-15)24-22-8-13-11-5-3-4-6-14(11)23-16(13)19/h3-7,9-10,23H,8H2,1-2H3. The van der Waals surface area contributed by atoms with Crippen LogP contribution in [0.1, 0.15) is 30.2 Å². The summed E-state index contributed by atoms with van der Waals surface area (Å²) in [7, 11) is 0. The van der Waals surface area contributed by atoms with Crippen molar-refractivity contribution < 1.29 is 0 Å². The molecule has 0 saturated heterocycles. The number of nitrogens with zero attached hydrogens (tertiary/aromatic N) is 4. The number of halogens is 1. The van der Waals surface area contributed by atoms with Crippen LogP contribution in [0.5, 0.6) is 0 Å². The number of nitrogens with one attached hydrogen (secondary N) is 1. The summed E-state index contributed by atoms with van der Waals surface area (Å²) in [5, 5.41) is 11.3. The predicted molar refractivity (Wildman–Crippen MR) is 103 cm³/mol. The number of hydrogen-bond acceptors (Lipinski definition) is 5. The van der Waals surface area contributed by atoms with E-state index in [1.54, 1.807) is 11.3 Å². The molecule has 0 radical (unpaired) electrons. The summed E-state index contributed by atoms with van der Waals surface area (Å²) in [6.45, 7) is 4.73. The van der Waals surface area contributed by atoms with E-state index >= 15 is 0 Å². The largest absolute Gasteiger partial charge is 0.345 e. The van der Waals surface area contributed by atoms with Crippen LogP contribution < -0.4 is 0 Å². The Labute approximate surface area is 153 Å². The fourth-order valence-corrected chi connectivity index (χ4v) is 3.98. The fourth-order valence-electron chi connectivity index (χ4n) is 2.72. The maximum Gasteiger partial charge on any atom is 0.185 e. The van der Waals surface area contributed by atoms with E-state index in [9.17, 15) is 0 Å². The van der Waals surface area contributed by atoms with Crippen molar-refractivity contribution in [2.75, 3.05) is 0 Å². The Bertz CT molecular complexity index is 1080. The zero-order valence-electron chi connectivity index (χ0n) is 13.8. The molecular weight excluding hydrogens is 354 g/mol. The van der Waals surface area contributed by atoms with Gasteiger partial charge in [-0.1, -0.05) is 43.6 Å². The Morgan fingerprint density at radius 1 is 1.20 bits per heavy atom. The third-order valence-corrected chi connectivity index (χ3v) is 5.72. The van der Waals surface area contributed by atoms with Crippen molar-refractivity contribution in [3.05, 3.63) is 52.3 Å². The molecule has 3 aromatic heterocycles. The molecule has 1 aromatic carbocycles. The van der Waals surface area contributed by atoms with Crippen LogP contribution in [0, 0.1) is 0 Å². The van der Waals surface area contributed by atoms with E-state index in [-0.39, 0.29) is 0 Å². The van der Waals surface area contributed by atoms with E-state index in [4.69, 9.17) is 11.6 Å². The molecule has 4 aromatic rings. The molecule has 0 aliphatic carbocycles. The van der Waals surface area contributed by atoms with Gasteiger partial charge in [-0.15, -0.1) is 16.5 Å². The van der Waals surface area contributed by atoms with Gasteiger partial charge in [-0.3, -0.25) is 0 Å². The van der Waals surface area contributed by atoms with Gasteiger partial charge in [-0.05, 0) is 18.1 Å². The second kappa shape index (κ2) is 6.54. The molecule has 0 fully saturated rings. The summed E-state index contributed by atoms with van der Waals surface area (Å²) in [4.78, 5) is 14.0. The molecule has 7 heteroatoms. The lowest BCUT2D eigenvalue weighted by Crippen LogP contribution is -1.81. The van der Waals surface area contributed by atoms with Gasteiger partial charge in [0.2, 0.25) is 0 Å². The van der Waals surface area contributed by atoms with Crippen LogP contribution in [-0.4, -0.2) is 15.0 Å². The van der Waals surface area contributed by atoms with Crippen molar-refractivity contribution in [3.8, 4) is 0 Å². The predicted octanol–water partition coefficient (Wildman–Crippen LogP) is 6.23. The first-order valence-electron chi connectivity index (χ1n) is 8.00. The highest BCUT2D eigenvalue weighted by Gasteiger charge is 2.11. The number of rotatable bonds is 4. The van der Waals surface area contributed by atoms with E-state index in [0.29, 0.717) is 23.4 Å². The summed E-state index contributed by atoms with van der Waals surface area (Å²) >= 11 is 7.98. The number of aromatic amines is 1. The molecule has 3 heterocycles. The molecule has 25 heavy (non-hydrogen) atoms. The van der Waals surface area contributed by atoms with Crippen molar-refractivity contribution in [2.24, 2.45) is 10.2 Å². The van der Waals surface area contributed by atoms with Crippen LogP contribution in [0.15, 0.2) is 46.9 Å². The van der Waals surface area contributed by atoms with Gasteiger partial charge in [0, 0.05) is 21.3 Å². The molecule has 0 unspecified atom stereocenters. The van der Waals surface area contributed by atoms with E-state index in [2.05, 4.69) is 45.1 Å². The number of thiophene rings is 1. The number of para-hydroxylation sites is 1. The molecule has 0 aliphatic rings. The van der Waals surface area contributed by atoms with E-state index in [1.807, 2.05) is 24.3 Å². The third kappa shape index (κ3) is 3.03. The normalized spacial score (nSPS) is 12.2. The zero-order chi connectivity index (χ0) is 17.4. The molecule has 0 bridgehead atoms. The van der Waals surface area contributed by atoms with Crippen molar-refractivity contribution in [3.63, 3.8) is 0 Å². The van der Waals surface area contributed by atoms with Crippen molar-refractivity contribution in [2.45, 2.75) is 26.3 Å². The summed E-state index contributed by atoms with van der Waals surface area (Å²) in [6.07, 6.45) is 1.54. The van der Waals surface area contributed by atoms with Crippen molar-refractivity contribution in [1.82, 2.24) is 15.0 Å². The second-order valence-corrected chi connectivity index (χ2v) is 7.52. The van der Waals surface area contributed by atoms with Crippen LogP contribution in [0.4, 0.5) is 5.82 Å². The summed E-state index contributed by atoms with van der Waals surface area (Å²) in [6, 6.07) is 10.1. The Kier molecular flexibility index (Phi) is 4.23. The van der Waals surface area contributed by atoms with Gasteiger partial charge in [0.15, 0.2) is 5.82 Å². The van der Waals surface area contributed by atoms with Gasteiger partial charge in [0.05, 0.1) is 11.9 Å². The van der Waals surface area contributed by atoms with Crippen molar-refractivity contribution in [1.29, 1.82) is 0 Å². The zero-order valence-corrected chi connectivity index (χ0v) is 15.4. The maximum atomic E-state index is 6.30. The Morgan fingerprint density at radius 2 is 2.04 bits per heavy atom. The molecule has 0 amide bonds. The van der Waals surface area contributed by atoms with E-state index in [1.165, 1.54) is 11.2 Å². The highest BCUT2D eigenvalue weighted by Crippen LogP contribution is 2.34. The minimum Gasteiger partial charge on any atom is -0.345 e. The van der Waals surface area contributed by atoms with Crippen LogP contribution in [-0.2, 0) is 6.54 Å². The average Bonchev–Trinajstić information content (AvgIpc) is 3.17. The van der Waals surface area contributed by atoms with Gasteiger partial charge in [-0.25, -0.2) is 9.97 Å². The quantitative estimate of drug-likeness (QED) is 0.433. The maximum absolute atomic E-state index is 6.30. The summed E-state index contributed by atoms with van der Waals surface area (Å²) < 4.78 is 0. The minimum atomic E-state index is 0.398. The smallest absolute Gasteiger partial charge is 0.185 e. The Morgan fingerprint density at radius 3 is 2.88 bits per heavy atom. The minimum absolute atomic E-state index is 0.398. The average molecular weight is 370 g/mol. The summed E-state index contributed by atoms with van der Waals surface area (Å²) in [5.41, 5.74) is 1.95. The number of benzene rings is 1. The molecule has 4 rings (SSSR count). The van der Waals surface area contributed by atoms with E-state index < -0.39 is 0 Å². The van der Waals surface area contributed by atoms with Crippen LogP contribution in [0.25, 0.3) is 21.1 Å². The van der Waals surface area contributed by atoms with Crippen molar-refractivity contribution >= 4 is 49.9 Å². The molecule has 0 atom stereocenters. The SMILES string of the molecule is CC(C)c1cc2c(N=NCc3c(Cl)[nH]c4ccccc34)ncnc2s1. The lowest BCUT2D eigenvalue weighted by Gasteiger charge is -1.96. The van der Waals surface area contributed by atoms with E-state index in [0.717, 1.165) is 26.7 Å². The first-order chi connectivity index (χ1) is 12.1. The number of aromatic nitrogens is 3. The molecule has 126 valence electrons. The van der Waals surface area contributed by atoms with Gasteiger partial charge in [-0.2, -0.15) is 5.11 Å². The molecule has 0 aliphatic heterocycles. The summed E-state index contributed by atoms with van der Waals surface area (Å²) in [5.74, 6) is 1.05. The highest BCUT2D eigenvalue weighted by molar-refractivity contribution is 7.18. The first-order valence-corrected chi connectivity index (χ1v) is 9.20. The van der Waals surface area contributed by atoms with Gasteiger partial charge in [0.25, 0.3) is 0 Å². The number of hydrogen-bond donors (Lipinski definition) is 1. The molecule has 5 nitrogen and oxygen atoms in total. The number of azo groups is 1. The lowest BCUT2D eigenvalue weighted by molar-refractivity contribution is 0.890. The van der Waals surface area contributed by atoms with Gasteiger partial charge >= 0.3 is 0 Å². The molecule has 0 spiro atoms.